The molecule has 0 radical (unpaired) electrons. The van der Waals surface area contributed by atoms with E-state index in [9.17, 15) is 14.4 Å². The van der Waals surface area contributed by atoms with Crippen molar-refractivity contribution in [3.63, 3.8) is 0 Å². The lowest BCUT2D eigenvalue weighted by atomic mass is 9.98. The number of rotatable bonds is 7. The Bertz CT molecular complexity index is 1050. The zero-order chi connectivity index (χ0) is 23.0. The number of amides is 2. The smallest absolute Gasteiger partial charge is 0.407 e. The van der Waals surface area contributed by atoms with Crippen LogP contribution in [0.4, 0.5) is 4.79 Å². The average Bonchev–Trinajstić information content (AvgIpc) is 3.25. The third kappa shape index (κ3) is 4.32. The molecule has 1 heterocycles. The summed E-state index contributed by atoms with van der Waals surface area (Å²) in [5.74, 6) is -0.992. The number of fused-ring (bicyclic) bond motifs is 3. The molecule has 2 aliphatic carbocycles. The molecule has 1 aliphatic heterocycles. The van der Waals surface area contributed by atoms with Crippen LogP contribution in [0, 0.1) is 0 Å². The van der Waals surface area contributed by atoms with E-state index in [4.69, 9.17) is 9.84 Å². The molecule has 1 atom stereocenters. The van der Waals surface area contributed by atoms with Gasteiger partial charge in [-0.25, -0.2) is 4.79 Å². The second kappa shape index (κ2) is 8.54. The summed E-state index contributed by atoms with van der Waals surface area (Å²) >= 11 is 0. The number of hydrogen-bond donors (Lipinski definition) is 2. The van der Waals surface area contributed by atoms with Crippen molar-refractivity contribution in [3.8, 4) is 11.1 Å². The summed E-state index contributed by atoms with van der Waals surface area (Å²) in [7, 11) is 0. The molecular formula is C26H28N2O5. The minimum atomic E-state index is -0.891. The van der Waals surface area contributed by atoms with Crippen LogP contribution in [0.2, 0.25) is 0 Å². The molecule has 172 valence electrons. The van der Waals surface area contributed by atoms with Crippen LogP contribution in [0.1, 0.15) is 55.6 Å². The fourth-order valence-corrected chi connectivity index (χ4v) is 5.32. The van der Waals surface area contributed by atoms with E-state index in [1.807, 2.05) is 24.3 Å². The van der Waals surface area contributed by atoms with Gasteiger partial charge in [0.15, 0.2) is 0 Å². The maximum absolute atomic E-state index is 12.9. The van der Waals surface area contributed by atoms with Crippen molar-refractivity contribution >= 4 is 18.0 Å². The normalized spacial score (nSPS) is 20.1. The van der Waals surface area contributed by atoms with Crippen LogP contribution in [-0.2, 0) is 14.3 Å². The molecular weight excluding hydrogens is 420 g/mol. The number of ether oxygens (including phenoxy) is 1. The van der Waals surface area contributed by atoms with E-state index in [-0.39, 0.29) is 37.3 Å². The van der Waals surface area contributed by atoms with E-state index >= 15 is 0 Å². The van der Waals surface area contributed by atoms with Gasteiger partial charge in [0.05, 0.1) is 18.4 Å². The Balaban J connectivity index is 1.19. The van der Waals surface area contributed by atoms with Gasteiger partial charge in [-0.1, -0.05) is 48.5 Å². The summed E-state index contributed by atoms with van der Waals surface area (Å²) in [5.41, 5.74) is 4.08. The maximum Gasteiger partial charge on any atom is 0.407 e. The summed E-state index contributed by atoms with van der Waals surface area (Å²) in [4.78, 5) is 38.3. The molecule has 0 bridgehead atoms. The number of hydrogen-bond acceptors (Lipinski definition) is 4. The topological polar surface area (TPSA) is 95.9 Å². The molecule has 3 aliphatic rings. The Hall–Kier alpha value is -3.35. The van der Waals surface area contributed by atoms with Crippen molar-refractivity contribution in [3.05, 3.63) is 59.7 Å². The van der Waals surface area contributed by atoms with Crippen LogP contribution in [0.5, 0.6) is 0 Å². The van der Waals surface area contributed by atoms with Gasteiger partial charge in [-0.05, 0) is 47.9 Å². The Labute approximate surface area is 192 Å². The standard InChI is InChI=1S/C26H28N2O5/c29-23(28-13-5-6-17(28)14-24(30)31)15-26(11-12-26)27-25(32)33-16-22-20-9-3-1-7-18(20)19-8-2-4-10-21(19)22/h1-4,7-10,17,22H,5-6,11-16H2,(H,27,32)(H,30,31)/t17-/m0/s1. The lowest BCUT2D eigenvalue weighted by Gasteiger charge is -2.26. The Morgan fingerprint density at radius 1 is 1.03 bits per heavy atom. The van der Waals surface area contributed by atoms with Gasteiger partial charge >= 0.3 is 12.1 Å². The monoisotopic (exact) mass is 448 g/mol. The molecule has 1 saturated carbocycles. The molecule has 2 amide bonds. The van der Waals surface area contributed by atoms with Crippen LogP contribution in [0.25, 0.3) is 11.1 Å². The molecule has 2 aromatic rings. The summed E-state index contributed by atoms with van der Waals surface area (Å²) < 4.78 is 5.64. The van der Waals surface area contributed by atoms with E-state index in [1.165, 1.54) is 11.1 Å². The van der Waals surface area contributed by atoms with E-state index in [0.29, 0.717) is 13.0 Å². The molecule has 7 heteroatoms. The lowest BCUT2D eigenvalue weighted by molar-refractivity contribution is -0.140. The van der Waals surface area contributed by atoms with Gasteiger partial charge in [0.25, 0.3) is 0 Å². The molecule has 7 nitrogen and oxygen atoms in total. The largest absolute Gasteiger partial charge is 0.481 e. The fraction of sp³-hybridized carbons (Fsp3) is 0.423. The van der Waals surface area contributed by atoms with E-state index < -0.39 is 17.6 Å². The molecule has 1 saturated heterocycles. The van der Waals surface area contributed by atoms with Crippen LogP contribution in [-0.4, -0.2) is 52.7 Å². The first-order valence-electron chi connectivity index (χ1n) is 11.6. The molecule has 2 aromatic carbocycles. The van der Waals surface area contributed by atoms with Crippen LogP contribution >= 0.6 is 0 Å². The number of carboxylic acid groups (broad SMARTS) is 1. The fourth-order valence-electron chi connectivity index (χ4n) is 5.32. The van der Waals surface area contributed by atoms with Crippen molar-refractivity contribution in [2.75, 3.05) is 13.2 Å². The van der Waals surface area contributed by atoms with E-state index in [1.54, 1.807) is 4.90 Å². The quantitative estimate of drug-likeness (QED) is 0.670. The van der Waals surface area contributed by atoms with Crippen LogP contribution in [0.3, 0.4) is 0 Å². The second-order valence-electron chi connectivity index (χ2n) is 9.39. The highest BCUT2D eigenvalue weighted by Gasteiger charge is 2.48. The van der Waals surface area contributed by atoms with Crippen molar-refractivity contribution in [2.45, 2.75) is 56.0 Å². The Kier molecular flexibility index (Phi) is 5.56. The molecule has 2 fully saturated rings. The highest BCUT2D eigenvalue weighted by Crippen LogP contribution is 2.45. The average molecular weight is 449 g/mol. The minimum Gasteiger partial charge on any atom is -0.481 e. The second-order valence-corrected chi connectivity index (χ2v) is 9.39. The van der Waals surface area contributed by atoms with Gasteiger partial charge in [0.1, 0.15) is 6.61 Å². The van der Waals surface area contributed by atoms with Gasteiger partial charge in [-0.3, -0.25) is 9.59 Å². The highest BCUT2D eigenvalue weighted by molar-refractivity contribution is 5.81. The number of nitrogens with zero attached hydrogens (tertiary/aromatic N) is 1. The predicted octanol–water partition coefficient (Wildman–Crippen LogP) is 3.91. The van der Waals surface area contributed by atoms with Gasteiger partial charge < -0.3 is 20.1 Å². The predicted molar refractivity (Wildman–Crippen MR) is 122 cm³/mol. The van der Waals surface area contributed by atoms with E-state index in [0.717, 1.165) is 30.4 Å². The number of likely N-dealkylation sites (tertiary alicyclic amines) is 1. The number of carbonyl (C=O) groups is 3. The van der Waals surface area contributed by atoms with Gasteiger partial charge in [-0.2, -0.15) is 0 Å². The van der Waals surface area contributed by atoms with Crippen molar-refractivity contribution in [1.82, 2.24) is 10.2 Å². The number of nitrogens with one attached hydrogen (secondary N) is 1. The SMILES string of the molecule is O=C(O)C[C@@H]1CCCN1C(=O)CC1(NC(=O)OCC2c3ccccc3-c3ccccc32)CC1. The number of carbonyl (C=O) groups excluding carboxylic acids is 2. The molecule has 0 aromatic heterocycles. The first-order valence-corrected chi connectivity index (χ1v) is 11.6. The maximum atomic E-state index is 12.9. The summed E-state index contributed by atoms with van der Waals surface area (Å²) in [5, 5.41) is 12.0. The zero-order valence-corrected chi connectivity index (χ0v) is 18.5. The molecule has 5 rings (SSSR count). The molecule has 0 spiro atoms. The highest BCUT2D eigenvalue weighted by atomic mass is 16.5. The Morgan fingerprint density at radius 3 is 2.27 bits per heavy atom. The van der Waals surface area contributed by atoms with E-state index in [2.05, 4.69) is 29.6 Å². The first-order chi connectivity index (χ1) is 16.0. The molecule has 2 N–H and O–H groups in total. The lowest BCUT2D eigenvalue weighted by Crippen LogP contribution is -2.44. The van der Waals surface area contributed by atoms with Crippen molar-refractivity contribution in [1.29, 1.82) is 0 Å². The molecule has 33 heavy (non-hydrogen) atoms. The van der Waals surface area contributed by atoms with Gasteiger partial charge in [-0.15, -0.1) is 0 Å². The van der Waals surface area contributed by atoms with Crippen LogP contribution < -0.4 is 5.32 Å². The third-order valence-corrected chi connectivity index (χ3v) is 7.16. The first kappa shape index (κ1) is 21.5. The number of carboxylic acids is 1. The summed E-state index contributed by atoms with van der Waals surface area (Å²) in [6.07, 6.45) is 2.62. The summed E-state index contributed by atoms with van der Waals surface area (Å²) in [6, 6.07) is 16.1. The van der Waals surface area contributed by atoms with Crippen molar-refractivity contribution < 1.29 is 24.2 Å². The minimum absolute atomic E-state index is 0.0127. The molecule has 0 unspecified atom stereocenters. The number of benzene rings is 2. The number of alkyl carbamates (subject to hydrolysis) is 1. The summed E-state index contributed by atoms with van der Waals surface area (Å²) in [6.45, 7) is 0.814. The zero-order valence-electron chi connectivity index (χ0n) is 18.5. The van der Waals surface area contributed by atoms with Crippen molar-refractivity contribution in [2.24, 2.45) is 0 Å². The third-order valence-electron chi connectivity index (χ3n) is 7.16. The number of aliphatic carboxylic acids is 1. The van der Waals surface area contributed by atoms with Crippen LogP contribution in [0.15, 0.2) is 48.5 Å². The van der Waals surface area contributed by atoms with Gasteiger partial charge in [0, 0.05) is 18.5 Å². The Morgan fingerprint density at radius 2 is 1.67 bits per heavy atom. The van der Waals surface area contributed by atoms with Gasteiger partial charge in [0.2, 0.25) is 5.91 Å².